The van der Waals surface area contributed by atoms with Crippen LogP contribution in [0.2, 0.25) is 0 Å². The van der Waals surface area contributed by atoms with Gasteiger partial charge in [-0.25, -0.2) is 0 Å². The minimum absolute atomic E-state index is 0.00823. The Bertz CT molecular complexity index is 309. The van der Waals surface area contributed by atoms with Crippen molar-refractivity contribution in [2.45, 2.75) is 32.1 Å². The molecule has 0 spiro atoms. The standard InChI is InChI=1S/C11H16N2O3/c12-6-5-10(14)13-7-8-3-1-2-4-9(8)11(15)16/h8-9H,1-5,7H2,(H,13,14)(H,15,16)/t8-,9-/m0/s1. The van der Waals surface area contributed by atoms with E-state index in [1.807, 2.05) is 0 Å². The van der Waals surface area contributed by atoms with Crippen molar-refractivity contribution < 1.29 is 14.7 Å². The third kappa shape index (κ3) is 3.54. The number of nitrogens with one attached hydrogen (secondary N) is 1. The molecule has 1 rings (SSSR count). The molecule has 5 nitrogen and oxygen atoms in total. The summed E-state index contributed by atoms with van der Waals surface area (Å²) >= 11 is 0. The van der Waals surface area contributed by atoms with E-state index >= 15 is 0 Å². The van der Waals surface area contributed by atoms with Crippen LogP contribution in [0.15, 0.2) is 0 Å². The first-order valence-corrected chi connectivity index (χ1v) is 5.51. The number of nitriles is 1. The monoisotopic (exact) mass is 224 g/mol. The maximum Gasteiger partial charge on any atom is 0.306 e. The number of hydrogen-bond acceptors (Lipinski definition) is 3. The molecule has 1 aliphatic carbocycles. The quantitative estimate of drug-likeness (QED) is 0.742. The van der Waals surface area contributed by atoms with E-state index in [0.29, 0.717) is 13.0 Å². The molecule has 1 aliphatic rings. The van der Waals surface area contributed by atoms with Crippen LogP contribution in [-0.4, -0.2) is 23.5 Å². The SMILES string of the molecule is N#CCC(=O)NC[C@@H]1CCCC[C@@H]1C(=O)O. The van der Waals surface area contributed by atoms with E-state index in [-0.39, 0.29) is 24.2 Å². The van der Waals surface area contributed by atoms with Crippen LogP contribution in [0.5, 0.6) is 0 Å². The third-order valence-electron chi connectivity index (χ3n) is 3.03. The van der Waals surface area contributed by atoms with Gasteiger partial charge in [-0.1, -0.05) is 12.8 Å². The van der Waals surface area contributed by atoms with E-state index in [4.69, 9.17) is 10.4 Å². The number of rotatable bonds is 4. The summed E-state index contributed by atoms with van der Waals surface area (Å²) in [5.74, 6) is -1.44. The van der Waals surface area contributed by atoms with Crippen LogP contribution in [0.25, 0.3) is 0 Å². The van der Waals surface area contributed by atoms with Crippen molar-refractivity contribution in [2.24, 2.45) is 11.8 Å². The minimum Gasteiger partial charge on any atom is -0.481 e. The van der Waals surface area contributed by atoms with Gasteiger partial charge in [-0.15, -0.1) is 0 Å². The van der Waals surface area contributed by atoms with E-state index in [9.17, 15) is 9.59 Å². The van der Waals surface area contributed by atoms with Gasteiger partial charge in [-0.05, 0) is 18.8 Å². The predicted molar refractivity (Wildman–Crippen MR) is 56.3 cm³/mol. The molecular weight excluding hydrogens is 208 g/mol. The lowest BCUT2D eigenvalue weighted by Gasteiger charge is -2.28. The van der Waals surface area contributed by atoms with E-state index < -0.39 is 5.97 Å². The molecule has 0 aromatic rings. The van der Waals surface area contributed by atoms with Gasteiger partial charge in [0.2, 0.25) is 5.91 Å². The normalized spacial score (nSPS) is 24.4. The van der Waals surface area contributed by atoms with Crippen LogP contribution in [0.4, 0.5) is 0 Å². The van der Waals surface area contributed by atoms with Crippen molar-refractivity contribution in [3.8, 4) is 6.07 Å². The molecule has 16 heavy (non-hydrogen) atoms. The van der Waals surface area contributed by atoms with Gasteiger partial charge in [0.15, 0.2) is 0 Å². The summed E-state index contributed by atoms with van der Waals surface area (Å²) in [6, 6.07) is 1.76. The van der Waals surface area contributed by atoms with Crippen LogP contribution in [0, 0.1) is 23.2 Å². The molecule has 2 N–H and O–H groups in total. The summed E-state index contributed by atoms with van der Waals surface area (Å²) in [5.41, 5.74) is 0. The average molecular weight is 224 g/mol. The van der Waals surface area contributed by atoms with Crippen LogP contribution >= 0.6 is 0 Å². The zero-order chi connectivity index (χ0) is 12.0. The number of amides is 1. The zero-order valence-corrected chi connectivity index (χ0v) is 9.11. The van der Waals surface area contributed by atoms with Gasteiger partial charge in [0.25, 0.3) is 0 Å². The Morgan fingerprint density at radius 1 is 1.38 bits per heavy atom. The fourth-order valence-electron chi connectivity index (χ4n) is 2.16. The second kappa shape index (κ2) is 6.11. The smallest absolute Gasteiger partial charge is 0.306 e. The molecule has 1 fully saturated rings. The van der Waals surface area contributed by atoms with Crippen molar-refractivity contribution in [3.05, 3.63) is 0 Å². The van der Waals surface area contributed by atoms with Crippen molar-refractivity contribution >= 4 is 11.9 Å². The van der Waals surface area contributed by atoms with Crippen molar-refractivity contribution in [1.82, 2.24) is 5.32 Å². The first kappa shape index (κ1) is 12.5. The number of aliphatic carboxylic acids is 1. The Hall–Kier alpha value is -1.57. The topological polar surface area (TPSA) is 90.2 Å². The van der Waals surface area contributed by atoms with Gasteiger partial charge in [0, 0.05) is 6.54 Å². The first-order chi connectivity index (χ1) is 7.65. The Kier molecular flexibility index (Phi) is 4.77. The van der Waals surface area contributed by atoms with Gasteiger partial charge in [0.1, 0.15) is 6.42 Å². The molecule has 1 saturated carbocycles. The lowest BCUT2D eigenvalue weighted by Crippen LogP contribution is -2.37. The van der Waals surface area contributed by atoms with E-state index in [1.165, 1.54) is 0 Å². The number of carboxylic acid groups (broad SMARTS) is 1. The molecule has 0 aliphatic heterocycles. The van der Waals surface area contributed by atoms with Gasteiger partial charge >= 0.3 is 5.97 Å². The zero-order valence-electron chi connectivity index (χ0n) is 9.11. The summed E-state index contributed by atoms with van der Waals surface area (Å²) in [4.78, 5) is 22.1. The maximum atomic E-state index is 11.1. The molecule has 0 aromatic carbocycles. The number of carbonyl (C=O) groups excluding carboxylic acids is 1. The highest BCUT2D eigenvalue weighted by Crippen LogP contribution is 2.29. The highest BCUT2D eigenvalue weighted by molar-refractivity contribution is 5.78. The summed E-state index contributed by atoms with van der Waals surface area (Å²) in [6.07, 6.45) is 3.32. The fraction of sp³-hybridized carbons (Fsp3) is 0.727. The van der Waals surface area contributed by atoms with Crippen LogP contribution in [0.3, 0.4) is 0 Å². The van der Waals surface area contributed by atoms with Gasteiger partial charge < -0.3 is 10.4 Å². The summed E-state index contributed by atoms with van der Waals surface area (Å²) in [6.45, 7) is 0.373. The Morgan fingerprint density at radius 2 is 2.06 bits per heavy atom. The molecule has 0 bridgehead atoms. The highest BCUT2D eigenvalue weighted by atomic mass is 16.4. The minimum atomic E-state index is -0.778. The summed E-state index contributed by atoms with van der Waals surface area (Å²) < 4.78 is 0. The van der Waals surface area contributed by atoms with E-state index in [0.717, 1.165) is 19.3 Å². The lowest BCUT2D eigenvalue weighted by molar-refractivity contribution is -0.145. The van der Waals surface area contributed by atoms with Crippen LogP contribution in [0.1, 0.15) is 32.1 Å². The van der Waals surface area contributed by atoms with Crippen molar-refractivity contribution in [3.63, 3.8) is 0 Å². The Balaban J connectivity index is 2.41. The average Bonchev–Trinajstić information content (AvgIpc) is 2.27. The number of hydrogen-bond donors (Lipinski definition) is 2. The van der Waals surface area contributed by atoms with Gasteiger partial charge in [-0.2, -0.15) is 5.26 Å². The summed E-state index contributed by atoms with van der Waals surface area (Å²) in [5, 5.41) is 19.9. The predicted octanol–water partition coefficient (Wildman–Crippen LogP) is 0.907. The van der Waals surface area contributed by atoms with Crippen molar-refractivity contribution in [1.29, 1.82) is 5.26 Å². The molecule has 0 saturated heterocycles. The Labute approximate surface area is 94.4 Å². The van der Waals surface area contributed by atoms with Crippen molar-refractivity contribution in [2.75, 3.05) is 6.54 Å². The van der Waals surface area contributed by atoms with E-state index in [2.05, 4.69) is 5.32 Å². The molecule has 0 unspecified atom stereocenters. The van der Waals surface area contributed by atoms with Crippen LogP contribution < -0.4 is 5.32 Å². The van der Waals surface area contributed by atoms with Gasteiger partial charge in [-0.3, -0.25) is 9.59 Å². The molecule has 0 aromatic heterocycles. The van der Waals surface area contributed by atoms with Gasteiger partial charge in [0.05, 0.1) is 12.0 Å². The number of carbonyl (C=O) groups is 2. The summed E-state index contributed by atoms with van der Waals surface area (Å²) in [7, 11) is 0. The molecule has 0 heterocycles. The third-order valence-corrected chi connectivity index (χ3v) is 3.03. The maximum absolute atomic E-state index is 11.1. The Morgan fingerprint density at radius 3 is 2.69 bits per heavy atom. The molecule has 1 amide bonds. The fourth-order valence-corrected chi connectivity index (χ4v) is 2.16. The molecule has 88 valence electrons. The lowest BCUT2D eigenvalue weighted by atomic mass is 9.79. The second-order valence-electron chi connectivity index (χ2n) is 4.13. The largest absolute Gasteiger partial charge is 0.481 e. The molecule has 2 atom stereocenters. The molecule has 5 heteroatoms. The highest BCUT2D eigenvalue weighted by Gasteiger charge is 2.30. The first-order valence-electron chi connectivity index (χ1n) is 5.51. The molecule has 0 radical (unpaired) electrons. The second-order valence-corrected chi connectivity index (χ2v) is 4.13. The number of carboxylic acids is 1. The van der Waals surface area contributed by atoms with Crippen LogP contribution in [-0.2, 0) is 9.59 Å². The molecular formula is C11H16N2O3. The van der Waals surface area contributed by atoms with E-state index in [1.54, 1.807) is 6.07 Å². The number of nitrogens with zero attached hydrogens (tertiary/aromatic N) is 1.